The molecule has 2 aromatic heterocycles. The Morgan fingerprint density at radius 3 is 2.72 bits per heavy atom. The van der Waals surface area contributed by atoms with E-state index in [0.29, 0.717) is 44.4 Å². The lowest BCUT2D eigenvalue weighted by Crippen LogP contribution is -2.25. The number of anilines is 1. The van der Waals surface area contributed by atoms with E-state index in [4.69, 9.17) is 20.9 Å². The van der Waals surface area contributed by atoms with Crippen molar-refractivity contribution in [3.8, 4) is 11.3 Å². The fourth-order valence-corrected chi connectivity index (χ4v) is 4.28. The van der Waals surface area contributed by atoms with Crippen molar-refractivity contribution in [2.75, 3.05) is 12.4 Å². The maximum Gasteiger partial charge on any atom is 0.320 e. The van der Waals surface area contributed by atoms with E-state index in [9.17, 15) is 9.59 Å². The highest BCUT2D eigenvalue weighted by Crippen LogP contribution is 2.33. The number of amidine groups is 1. The molecule has 0 aliphatic heterocycles. The van der Waals surface area contributed by atoms with Crippen molar-refractivity contribution in [1.29, 1.82) is 0 Å². The van der Waals surface area contributed by atoms with E-state index in [0.717, 1.165) is 16.7 Å². The first kappa shape index (κ1) is 24.9. The summed E-state index contributed by atoms with van der Waals surface area (Å²) in [5.41, 5.74) is 7.20. The number of hydroxylamine groups is 1. The molecule has 0 aliphatic rings. The molecular weight excluding hydrogens is 480 g/mol. The molecule has 2 heterocycles. The number of benzene rings is 2. The number of carbonyl (C=O) groups excluding carboxylic acids is 1. The number of nitrogens with zero attached hydrogens (tertiary/aromatic N) is 2. The summed E-state index contributed by atoms with van der Waals surface area (Å²) in [6, 6.07) is 12.5. The first-order valence-corrected chi connectivity index (χ1v) is 11.6. The van der Waals surface area contributed by atoms with Gasteiger partial charge in [0.05, 0.1) is 11.4 Å². The van der Waals surface area contributed by atoms with E-state index >= 15 is 0 Å². The molecule has 184 valence electrons. The normalized spacial score (nSPS) is 12.3. The number of nitrogens with one attached hydrogen (secondary N) is 2. The van der Waals surface area contributed by atoms with E-state index in [1.165, 1.54) is 0 Å². The predicted octanol–water partition coefficient (Wildman–Crippen LogP) is 5.35. The van der Waals surface area contributed by atoms with Gasteiger partial charge < -0.3 is 14.6 Å². The van der Waals surface area contributed by atoms with Crippen LogP contribution in [0.3, 0.4) is 0 Å². The number of hydrogen-bond donors (Lipinski definition) is 2. The minimum absolute atomic E-state index is 0.0879. The van der Waals surface area contributed by atoms with E-state index in [-0.39, 0.29) is 17.9 Å². The number of aryl methyl sites for hydroxylation is 1. The summed E-state index contributed by atoms with van der Waals surface area (Å²) in [5, 5.41) is 4.46. The Balaban J connectivity index is 1.83. The molecule has 0 spiro atoms. The Hall–Kier alpha value is -4.17. The van der Waals surface area contributed by atoms with Crippen LogP contribution < -0.4 is 16.2 Å². The van der Waals surface area contributed by atoms with Crippen LogP contribution >= 0.6 is 11.6 Å². The Kier molecular flexibility index (Phi) is 7.36. The molecule has 36 heavy (non-hydrogen) atoms. The predicted molar refractivity (Wildman–Crippen MR) is 141 cm³/mol. The van der Waals surface area contributed by atoms with E-state index in [2.05, 4.69) is 20.8 Å². The summed E-state index contributed by atoms with van der Waals surface area (Å²) in [6.45, 7) is 5.94. The summed E-state index contributed by atoms with van der Waals surface area (Å²) < 4.78 is 6.38. The number of hydrogen-bond acceptors (Lipinski definition) is 7. The van der Waals surface area contributed by atoms with Crippen molar-refractivity contribution in [2.24, 2.45) is 4.99 Å². The lowest BCUT2D eigenvalue weighted by Gasteiger charge is -2.21. The lowest BCUT2D eigenvalue weighted by atomic mass is 9.98. The number of halogens is 1. The highest BCUT2D eigenvalue weighted by molar-refractivity contribution is 6.31. The number of rotatable bonds is 7. The van der Waals surface area contributed by atoms with Crippen LogP contribution in [-0.2, 0) is 9.63 Å². The van der Waals surface area contributed by atoms with E-state index in [1.807, 2.05) is 32.0 Å². The fourth-order valence-electron chi connectivity index (χ4n) is 4.11. The Bertz CT molecular complexity index is 1520. The van der Waals surface area contributed by atoms with Crippen molar-refractivity contribution < 1.29 is 14.0 Å². The van der Waals surface area contributed by atoms with Gasteiger partial charge in [0, 0.05) is 52.4 Å². The van der Waals surface area contributed by atoms with Crippen molar-refractivity contribution in [3.63, 3.8) is 0 Å². The molecule has 9 heteroatoms. The smallest absolute Gasteiger partial charge is 0.320 e. The highest BCUT2D eigenvalue weighted by Gasteiger charge is 2.20. The lowest BCUT2D eigenvalue weighted by molar-refractivity contribution is -0.132. The molecule has 0 aliphatic carbocycles. The largest absolute Gasteiger partial charge is 0.455 e. The third kappa shape index (κ3) is 4.94. The molecule has 1 unspecified atom stereocenters. The molecular formula is C27H25ClN4O4. The quantitative estimate of drug-likeness (QED) is 0.151. The molecule has 0 bridgehead atoms. The van der Waals surface area contributed by atoms with E-state index in [1.54, 1.807) is 50.6 Å². The van der Waals surface area contributed by atoms with Gasteiger partial charge in [-0.3, -0.25) is 19.6 Å². The Morgan fingerprint density at radius 2 is 2.03 bits per heavy atom. The second kappa shape index (κ2) is 10.6. The van der Waals surface area contributed by atoms with Crippen molar-refractivity contribution in [1.82, 2.24) is 10.5 Å². The summed E-state index contributed by atoms with van der Waals surface area (Å²) in [6.07, 6.45) is 3.35. The SMILES string of the molecule is CN=C(NOC=O)c1cc(Cl)ccc1NC(C)c1cc(C)cc2c(=O)c(C)c(-c3cccnc3)oc12. The fraction of sp³-hybridized carbons (Fsp3) is 0.185. The Labute approximate surface area is 212 Å². The van der Waals surface area contributed by atoms with Crippen LogP contribution in [0.4, 0.5) is 5.69 Å². The first-order chi connectivity index (χ1) is 17.3. The average molecular weight is 505 g/mol. The van der Waals surface area contributed by atoms with Gasteiger partial charge in [0.25, 0.3) is 0 Å². The van der Waals surface area contributed by atoms with Crippen LogP contribution in [0.25, 0.3) is 22.3 Å². The van der Waals surface area contributed by atoms with Crippen molar-refractivity contribution >= 4 is 40.6 Å². The third-order valence-corrected chi connectivity index (χ3v) is 6.05. The zero-order valence-electron chi connectivity index (χ0n) is 20.3. The molecule has 0 amide bonds. The van der Waals surface area contributed by atoms with Gasteiger partial charge in [-0.25, -0.2) is 5.48 Å². The van der Waals surface area contributed by atoms with Crippen molar-refractivity contribution in [3.05, 3.63) is 92.4 Å². The molecule has 0 saturated carbocycles. The minimum atomic E-state index is -0.287. The van der Waals surface area contributed by atoms with Gasteiger partial charge in [-0.15, -0.1) is 0 Å². The molecule has 1 atom stereocenters. The molecule has 0 fully saturated rings. The number of aromatic nitrogens is 1. The molecule has 4 rings (SSSR count). The van der Waals surface area contributed by atoms with Crippen LogP contribution in [-0.4, -0.2) is 24.3 Å². The molecule has 4 aromatic rings. The van der Waals surface area contributed by atoms with Gasteiger partial charge in [-0.05, 0) is 62.7 Å². The van der Waals surface area contributed by atoms with Crippen LogP contribution in [0.5, 0.6) is 0 Å². The van der Waals surface area contributed by atoms with Crippen molar-refractivity contribution in [2.45, 2.75) is 26.8 Å². The monoisotopic (exact) mass is 504 g/mol. The number of fused-ring (bicyclic) bond motifs is 1. The van der Waals surface area contributed by atoms with Gasteiger partial charge in [0.1, 0.15) is 11.3 Å². The first-order valence-electron chi connectivity index (χ1n) is 11.2. The summed E-state index contributed by atoms with van der Waals surface area (Å²) in [4.78, 5) is 37.1. The second-order valence-corrected chi connectivity index (χ2v) is 8.74. The summed E-state index contributed by atoms with van der Waals surface area (Å²) in [5.74, 6) is 0.801. The molecule has 2 aromatic carbocycles. The van der Waals surface area contributed by atoms with Gasteiger partial charge in [0.15, 0.2) is 11.3 Å². The number of aliphatic imine (C=N–C) groups is 1. The third-order valence-electron chi connectivity index (χ3n) is 5.82. The van der Waals surface area contributed by atoms with Crippen LogP contribution in [0.2, 0.25) is 5.02 Å². The van der Waals surface area contributed by atoms with Crippen LogP contribution in [0, 0.1) is 13.8 Å². The number of pyridine rings is 1. The summed E-state index contributed by atoms with van der Waals surface area (Å²) in [7, 11) is 1.57. The van der Waals surface area contributed by atoms with Gasteiger partial charge in [-0.2, -0.15) is 0 Å². The van der Waals surface area contributed by atoms with Gasteiger partial charge >= 0.3 is 6.47 Å². The topological polar surface area (TPSA) is 106 Å². The average Bonchev–Trinajstić information content (AvgIpc) is 2.88. The van der Waals surface area contributed by atoms with Gasteiger partial charge in [0.2, 0.25) is 0 Å². The molecule has 0 radical (unpaired) electrons. The highest BCUT2D eigenvalue weighted by atomic mass is 35.5. The maximum absolute atomic E-state index is 13.3. The summed E-state index contributed by atoms with van der Waals surface area (Å²) >= 11 is 6.24. The van der Waals surface area contributed by atoms with E-state index < -0.39 is 0 Å². The standard InChI is InChI=1S/C27H25ClN4O4/c1-15-10-20(17(3)31-23-8-7-19(28)12-21(23)27(29-4)32-35-14-33)26-22(11-15)24(34)16(2)25(36-26)18-6-5-9-30-13-18/h5-14,17,31H,1-4H3,(H,29,32). The minimum Gasteiger partial charge on any atom is -0.455 e. The molecule has 0 saturated heterocycles. The van der Waals surface area contributed by atoms with Crippen LogP contribution in [0.1, 0.15) is 35.2 Å². The zero-order chi connectivity index (χ0) is 25.8. The molecule has 2 N–H and O–H groups in total. The second-order valence-electron chi connectivity index (χ2n) is 8.30. The molecule has 8 nitrogen and oxygen atoms in total. The van der Waals surface area contributed by atoms with Crippen LogP contribution in [0.15, 0.2) is 69.1 Å². The zero-order valence-corrected chi connectivity index (χ0v) is 21.0. The Morgan fingerprint density at radius 1 is 1.22 bits per heavy atom. The maximum atomic E-state index is 13.3. The van der Waals surface area contributed by atoms with Gasteiger partial charge in [-0.1, -0.05) is 17.7 Å². The number of carbonyl (C=O) groups is 1.